The smallest absolute Gasteiger partial charge is 0.210 e. The number of terminal acetylenes is 1. The summed E-state index contributed by atoms with van der Waals surface area (Å²) in [5.41, 5.74) is -0.669. The standard InChI is InChI=1S/C8H12O.C7H10O/c1-5-6-7(9)8(2,3)4;1-5-6(8)7(2,3)4/h1-4H3;1H,2-4H3. The van der Waals surface area contributed by atoms with Crippen molar-refractivity contribution < 1.29 is 9.59 Å². The summed E-state index contributed by atoms with van der Waals surface area (Å²) in [6, 6.07) is 0. The number of carbonyl (C=O) groups excluding carboxylic acids is 2. The van der Waals surface area contributed by atoms with Crippen LogP contribution >= 0.6 is 0 Å². The first-order valence-corrected chi connectivity index (χ1v) is 5.45. The van der Waals surface area contributed by atoms with Crippen molar-refractivity contribution in [2.45, 2.75) is 48.5 Å². The lowest BCUT2D eigenvalue weighted by molar-refractivity contribution is -0.121. The van der Waals surface area contributed by atoms with E-state index in [2.05, 4.69) is 17.8 Å². The Bertz CT molecular complexity index is 370. The van der Waals surface area contributed by atoms with Gasteiger partial charge in [0.25, 0.3) is 0 Å². The third-order valence-electron chi connectivity index (χ3n) is 1.73. The number of hydrogen-bond acceptors (Lipinski definition) is 2. The SMILES string of the molecule is C#CC(=O)C(C)(C)C.CC#CC(=O)C(C)(C)C. The lowest BCUT2D eigenvalue weighted by atomic mass is 9.91. The lowest BCUT2D eigenvalue weighted by Crippen LogP contribution is -2.17. The molecule has 0 aliphatic rings. The van der Waals surface area contributed by atoms with Crippen molar-refractivity contribution >= 4 is 11.6 Å². The van der Waals surface area contributed by atoms with E-state index in [1.807, 2.05) is 20.8 Å². The molecule has 0 unspecified atom stereocenters. The number of Topliss-reactive ketones (excluding diaryl/α,β-unsaturated/α-hetero) is 2. The minimum atomic E-state index is -0.366. The second-order valence-electron chi connectivity index (χ2n) is 5.68. The Morgan fingerprint density at radius 3 is 1.29 bits per heavy atom. The molecule has 0 heterocycles. The summed E-state index contributed by atoms with van der Waals surface area (Å²) in [7, 11) is 0. The summed E-state index contributed by atoms with van der Waals surface area (Å²) in [6.45, 7) is 12.7. The minimum absolute atomic E-state index is 0.00463. The van der Waals surface area contributed by atoms with Gasteiger partial charge < -0.3 is 0 Å². The Labute approximate surface area is 105 Å². The number of carbonyl (C=O) groups is 2. The molecule has 0 radical (unpaired) electrons. The van der Waals surface area contributed by atoms with Crippen LogP contribution in [-0.4, -0.2) is 11.6 Å². The maximum absolute atomic E-state index is 10.9. The average molecular weight is 234 g/mol. The van der Waals surface area contributed by atoms with Gasteiger partial charge in [-0.3, -0.25) is 9.59 Å². The van der Waals surface area contributed by atoms with E-state index in [4.69, 9.17) is 6.42 Å². The van der Waals surface area contributed by atoms with E-state index in [0.29, 0.717) is 0 Å². The van der Waals surface area contributed by atoms with Gasteiger partial charge in [0.2, 0.25) is 11.6 Å². The van der Waals surface area contributed by atoms with Crippen LogP contribution < -0.4 is 0 Å². The summed E-state index contributed by atoms with van der Waals surface area (Å²) in [5.74, 6) is 7.00. The molecule has 0 fully saturated rings. The number of hydrogen-bond donors (Lipinski definition) is 0. The van der Waals surface area contributed by atoms with E-state index in [1.165, 1.54) is 0 Å². The van der Waals surface area contributed by atoms with Crippen molar-refractivity contribution in [1.29, 1.82) is 0 Å². The Morgan fingerprint density at radius 1 is 0.882 bits per heavy atom. The number of ketones is 2. The lowest BCUT2D eigenvalue weighted by Gasteiger charge is -2.10. The third kappa shape index (κ3) is 9.39. The summed E-state index contributed by atoms with van der Waals surface area (Å²) in [6.07, 6.45) is 4.86. The van der Waals surface area contributed by atoms with Gasteiger partial charge in [-0.2, -0.15) is 0 Å². The van der Waals surface area contributed by atoms with E-state index in [9.17, 15) is 9.59 Å². The van der Waals surface area contributed by atoms with Gasteiger partial charge in [-0.05, 0) is 18.8 Å². The van der Waals surface area contributed by atoms with Crippen LogP contribution in [0.5, 0.6) is 0 Å². The Balaban J connectivity index is 0. The molecule has 0 amide bonds. The molecule has 0 aromatic rings. The molecule has 0 aromatic carbocycles. The topological polar surface area (TPSA) is 34.1 Å². The van der Waals surface area contributed by atoms with Gasteiger partial charge in [-0.15, -0.1) is 6.42 Å². The van der Waals surface area contributed by atoms with E-state index < -0.39 is 0 Å². The molecular weight excluding hydrogens is 212 g/mol. The Kier molecular flexibility index (Phi) is 7.26. The monoisotopic (exact) mass is 234 g/mol. The van der Waals surface area contributed by atoms with Crippen molar-refractivity contribution in [3.8, 4) is 24.2 Å². The molecule has 94 valence electrons. The van der Waals surface area contributed by atoms with Gasteiger partial charge in [0, 0.05) is 10.8 Å². The fraction of sp³-hybridized carbons (Fsp3) is 0.600. The second-order valence-corrected chi connectivity index (χ2v) is 5.68. The predicted octanol–water partition coefficient (Wildman–Crippen LogP) is 2.86. The second kappa shape index (κ2) is 6.92. The van der Waals surface area contributed by atoms with E-state index in [-0.39, 0.29) is 22.4 Å². The maximum Gasteiger partial charge on any atom is 0.210 e. The van der Waals surface area contributed by atoms with Crippen LogP contribution in [0.25, 0.3) is 0 Å². The molecule has 0 bridgehead atoms. The molecular formula is C15H22O2. The van der Waals surface area contributed by atoms with E-state index >= 15 is 0 Å². The highest BCUT2D eigenvalue weighted by Gasteiger charge is 2.18. The van der Waals surface area contributed by atoms with Crippen LogP contribution in [0.2, 0.25) is 0 Å². The van der Waals surface area contributed by atoms with Crippen LogP contribution in [0.4, 0.5) is 0 Å². The predicted molar refractivity (Wildman–Crippen MR) is 71.2 cm³/mol. The highest BCUT2D eigenvalue weighted by atomic mass is 16.1. The molecule has 0 N–H and O–H groups in total. The molecule has 0 aromatic heterocycles. The van der Waals surface area contributed by atoms with Crippen LogP contribution in [0.15, 0.2) is 0 Å². The van der Waals surface area contributed by atoms with E-state index in [0.717, 1.165) is 0 Å². The average Bonchev–Trinajstić information content (AvgIpc) is 2.15. The van der Waals surface area contributed by atoms with Gasteiger partial charge in [-0.1, -0.05) is 47.5 Å². The Hall–Kier alpha value is -1.54. The van der Waals surface area contributed by atoms with Crippen molar-refractivity contribution in [2.24, 2.45) is 10.8 Å². The van der Waals surface area contributed by atoms with Crippen molar-refractivity contribution in [2.75, 3.05) is 0 Å². The quantitative estimate of drug-likeness (QED) is 0.477. The van der Waals surface area contributed by atoms with Gasteiger partial charge >= 0.3 is 0 Å². The molecule has 2 heteroatoms. The molecule has 0 rings (SSSR count). The molecule has 0 saturated carbocycles. The van der Waals surface area contributed by atoms with Gasteiger partial charge in [0.15, 0.2) is 0 Å². The summed E-state index contributed by atoms with van der Waals surface area (Å²) in [5, 5.41) is 0. The van der Waals surface area contributed by atoms with Gasteiger partial charge in [0.05, 0.1) is 0 Å². The molecule has 0 aliphatic heterocycles. The Morgan fingerprint density at radius 2 is 1.24 bits per heavy atom. The van der Waals surface area contributed by atoms with Gasteiger partial charge in [0.1, 0.15) is 0 Å². The largest absolute Gasteiger partial charge is 0.284 e. The van der Waals surface area contributed by atoms with Crippen LogP contribution in [0.1, 0.15) is 48.5 Å². The van der Waals surface area contributed by atoms with Crippen LogP contribution in [0.3, 0.4) is 0 Å². The molecule has 0 aliphatic carbocycles. The van der Waals surface area contributed by atoms with Crippen molar-refractivity contribution in [1.82, 2.24) is 0 Å². The summed E-state index contributed by atoms with van der Waals surface area (Å²) < 4.78 is 0. The van der Waals surface area contributed by atoms with Crippen molar-refractivity contribution in [3.63, 3.8) is 0 Å². The molecule has 0 saturated heterocycles. The van der Waals surface area contributed by atoms with Crippen LogP contribution in [-0.2, 0) is 9.59 Å². The first kappa shape index (κ1) is 17.8. The highest BCUT2D eigenvalue weighted by Crippen LogP contribution is 2.13. The molecule has 0 spiro atoms. The van der Waals surface area contributed by atoms with Gasteiger partial charge in [-0.25, -0.2) is 0 Å². The fourth-order valence-corrected chi connectivity index (χ4v) is 0.518. The molecule has 17 heavy (non-hydrogen) atoms. The number of rotatable bonds is 0. The summed E-state index contributed by atoms with van der Waals surface area (Å²) in [4.78, 5) is 21.5. The first-order valence-electron chi connectivity index (χ1n) is 5.45. The highest BCUT2D eigenvalue weighted by molar-refractivity contribution is 5.99. The first-order chi connectivity index (χ1) is 7.46. The molecule has 2 nitrogen and oxygen atoms in total. The zero-order valence-corrected chi connectivity index (χ0v) is 11.9. The van der Waals surface area contributed by atoms with E-state index in [1.54, 1.807) is 27.7 Å². The van der Waals surface area contributed by atoms with Crippen LogP contribution in [0, 0.1) is 35.0 Å². The summed E-state index contributed by atoms with van der Waals surface area (Å²) >= 11 is 0. The fourth-order valence-electron chi connectivity index (χ4n) is 0.518. The third-order valence-corrected chi connectivity index (χ3v) is 1.73. The zero-order chi connectivity index (χ0) is 14.3. The van der Waals surface area contributed by atoms with Crippen molar-refractivity contribution in [3.05, 3.63) is 0 Å². The minimum Gasteiger partial charge on any atom is -0.284 e. The normalized spacial score (nSPS) is 10.0. The molecule has 0 atom stereocenters. The zero-order valence-electron chi connectivity index (χ0n) is 11.9. The maximum atomic E-state index is 10.9.